The van der Waals surface area contributed by atoms with Crippen molar-refractivity contribution in [2.75, 3.05) is 13.1 Å². The third-order valence-corrected chi connectivity index (χ3v) is 3.87. The molecule has 17 heavy (non-hydrogen) atoms. The predicted octanol–water partition coefficient (Wildman–Crippen LogP) is 2.46. The predicted molar refractivity (Wildman–Crippen MR) is 72.0 cm³/mol. The van der Waals surface area contributed by atoms with E-state index in [0.29, 0.717) is 6.04 Å². The number of rotatable bonds is 6. The Hall–Kier alpha value is -0.570. The Labute approximate surface area is 106 Å². The largest absolute Gasteiger partial charge is 0.353 e. The van der Waals surface area contributed by atoms with Crippen LogP contribution in [0, 0.1) is 5.41 Å². The van der Waals surface area contributed by atoms with Crippen molar-refractivity contribution in [3.05, 3.63) is 0 Å². The highest BCUT2D eigenvalue weighted by Crippen LogP contribution is 2.28. The van der Waals surface area contributed by atoms with E-state index in [9.17, 15) is 4.79 Å². The topological polar surface area (TPSA) is 41.1 Å². The standard InChI is InChI=1S/C14H28N2O/c1-4-5-6-7-12(2)16-13(17)14(3)8-10-15-11-9-14/h12,15H,4-11H2,1-3H3,(H,16,17). The van der Waals surface area contributed by atoms with Crippen LogP contribution in [0.3, 0.4) is 0 Å². The summed E-state index contributed by atoms with van der Waals surface area (Å²) in [5.74, 6) is 0.253. The minimum atomic E-state index is -0.149. The molecule has 100 valence electrons. The molecule has 0 aromatic heterocycles. The second-order valence-corrected chi connectivity index (χ2v) is 5.68. The molecule has 2 N–H and O–H groups in total. The Balaban J connectivity index is 2.31. The van der Waals surface area contributed by atoms with E-state index in [0.717, 1.165) is 32.4 Å². The zero-order chi connectivity index (χ0) is 12.7. The highest BCUT2D eigenvalue weighted by molar-refractivity contribution is 5.82. The van der Waals surface area contributed by atoms with Gasteiger partial charge in [-0.3, -0.25) is 4.79 Å². The van der Waals surface area contributed by atoms with Crippen LogP contribution < -0.4 is 10.6 Å². The molecule has 0 saturated carbocycles. The van der Waals surface area contributed by atoms with Crippen molar-refractivity contribution in [3.63, 3.8) is 0 Å². The molecule has 1 aliphatic rings. The van der Waals surface area contributed by atoms with Crippen LogP contribution in [0.25, 0.3) is 0 Å². The van der Waals surface area contributed by atoms with Gasteiger partial charge in [0.15, 0.2) is 0 Å². The summed E-state index contributed by atoms with van der Waals surface area (Å²) < 4.78 is 0. The number of hydrogen-bond acceptors (Lipinski definition) is 2. The summed E-state index contributed by atoms with van der Waals surface area (Å²) in [6, 6.07) is 0.320. The maximum absolute atomic E-state index is 12.2. The first-order chi connectivity index (χ1) is 8.08. The normalized spacial score (nSPS) is 20.9. The van der Waals surface area contributed by atoms with Gasteiger partial charge in [0.05, 0.1) is 0 Å². The zero-order valence-corrected chi connectivity index (χ0v) is 11.6. The van der Waals surface area contributed by atoms with Gasteiger partial charge in [0.2, 0.25) is 5.91 Å². The lowest BCUT2D eigenvalue weighted by molar-refractivity contribution is -0.132. The summed E-state index contributed by atoms with van der Waals surface area (Å²) in [4.78, 5) is 12.2. The van der Waals surface area contributed by atoms with E-state index in [-0.39, 0.29) is 11.3 Å². The Morgan fingerprint density at radius 1 is 1.35 bits per heavy atom. The first kappa shape index (κ1) is 14.5. The fourth-order valence-corrected chi connectivity index (χ4v) is 2.38. The monoisotopic (exact) mass is 240 g/mol. The van der Waals surface area contributed by atoms with Gasteiger partial charge < -0.3 is 10.6 Å². The maximum atomic E-state index is 12.2. The SMILES string of the molecule is CCCCCC(C)NC(=O)C1(C)CCNCC1. The molecule has 1 saturated heterocycles. The molecule has 1 aliphatic heterocycles. The van der Waals surface area contributed by atoms with Crippen molar-refractivity contribution in [3.8, 4) is 0 Å². The van der Waals surface area contributed by atoms with Gasteiger partial charge in [-0.05, 0) is 39.3 Å². The van der Waals surface area contributed by atoms with Crippen LogP contribution in [0.5, 0.6) is 0 Å². The van der Waals surface area contributed by atoms with Gasteiger partial charge in [0.25, 0.3) is 0 Å². The second kappa shape index (κ2) is 7.00. The van der Waals surface area contributed by atoms with Gasteiger partial charge >= 0.3 is 0 Å². The molecule has 0 aromatic carbocycles. The van der Waals surface area contributed by atoms with Crippen LogP contribution in [0.1, 0.15) is 59.3 Å². The summed E-state index contributed by atoms with van der Waals surface area (Å²) in [5, 5.41) is 6.49. The van der Waals surface area contributed by atoms with Crippen molar-refractivity contribution in [2.24, 2.45) is 5.41 Å². The molecule has 1 unspecified atom stereocenters. The van der Waals surface area contributed by atoms with Crippen LogP contribution >= 0.6 is 0 Å². The molecule has 1 amide bonds. The van der Waals surface area contributed by atoms with Crippen LogP contribution in [-0.4, -0.2) is 25.0 Å². The van der Waals surface area contributed by atoms with Gasteiger partial charge in [0, 0.05) is 11.5 Å². The fraction of sp³-hybridized carbons (Fsp3) is 0.929. The van der Waals surface area contributed by atoms with E-state index in [1.54, 1.807) is 0 Å². The summed E-state index contributed by atoms with van der Waals surface area (Å²) >= 11 is 0. The third kappa shape index (κ3) is 4.66. The lowest BCUT2D eigenvalue weighted by Gasteiger charge is -2.33. The van der Waals surface area contributed by atoms with Crippen LogP contribution in [0.4, 0.5) is 0 Å². The number of piperidine rings is 1. The molecule has 0 spiro atoms. The number of nitrogens with one attached hydrogen (secondary N) is 2. The van der Waals surface area contributed by atoms with E-state index in [1.165, 1.54) is 19.3 Å². The van der Waals surface area contributed by atoms with Crippen molar-refractivity contribution in [1.82, 2.24) is 10.6 Å². The van der Waals surface area contributed by atoms with Crippen LogP contribution in [-0.2, 0) is 4.79 Å². The van der Waals surface area contributed by atoms with Crippen molar-refractivity contribution in [1.29, 1.82) is 0 Å². The van der Waals surface area contributed by atoms with Crippen molar-refractivity contribution in [2.45, 2.75) is 65.3 Å². The summed E-state index contributed by atoms with van der Waals surface area (Å²) in [6.07, 6.45) is 6.75. The zero-order valence-electron chi connectivity index (χ0n) is 11.6. The smallest absolute Gasteiger partial charge is 0.226 e. The molecule has 0 bridgehead atoms. The first-order valence-electron chi connectivity index (χ1n) is 7.10. The number of carbonyl (C=O) groups excluding carboxylic acids is 1. The summed E-state index contributed by atoms with van der Waals surface area (Å²) in [5.41, 5.74) is -0.149. The number of carbonyl (C=O) groups is 1. The van der Waals surface area contributed by atoms with E-state index >= 15 is 0 Å². The van der Waals surface area contributed by atoms with E-state index in [4.69, 9.17) is 0 Å². The third-order valence-electron chi connectivity index (χ3n) is 3.87. The Kier molecular flexibility index (Phi) is 5.96. The second-order valence-electron chi connectivity index (χ2n) is 5.68. The Bertz CT molecular complexity index is 234. The van der Waals surface area contributed by atoms with E-state index in [2.05, 4.69) is 31.4 Å². The minimum Gasteiger partial charge on any atom is -0.353 e. The van der Waals surface area contributed by atoms with Crippen molar-refractivity contribution >= 4 is 5.91 Å². The fourth-order valence-electron chi connectivity index (χ4n) is 2.38. The molecule has 3 nitrogen and oxygen atoms in total. The minimum absolute atomic E-state index is 0.149. The number of hydrogen-bond donors (Lipinski definition) is 2. The highest BCUT2D eigenvalue weighted by Gasteiger charge is 2.34. The lowest BCUT2D eigenvalue weighted by Crippen LogP contribution is -2.48. The molecule has 0 radical (unpaired) electrons. The number of amides is 1. The quantitative estimate of drug-likeness (QED) is 0.700. The molecule has 1 heterocycles. The number of unbranched alkanes of at least 4 members (excludes halogenated alkanes) is 2. The molecule has 1 rings (SSSR count). The van der Waals surface area contributed by atoms with E-state index < -0.39 is 0 Å². The molecule has 3 heteroatoms. The summed E-state index contributed by atoms with van der Waals surface area (Å²) in [7, 11) is 0. The molecular formula is C14H28N2O. The van der Waals surface area contributed by atoms with Gasteiger partial charge in [0.1, 0.15) is 0 Å². The van der Waals surface area contributed by atoms with E-state index in [1.807, 2.05) is 0 Å². The maximum Gasteiger partial charge on any atom is 0.226 e. The highest BCUT2D eigenvalue weighted by atomic mass is 16.2. The van der Waals surface area contributed by atoms with Crippen LogP contribution in [0.15, 0.2) is 0 Å². The Morgan fingerprint density at radius 3 is 2.59 bits per heavy atom. The summed E-state index contributed by atoms with van der Waals surface area (Å²) in [6.45, 7) is 8.36. The van der Waals surface area contributed by atoms with Gasteiger partial charge in [-0.15, -0.1) is 0 Å². The van der Waals surface area contributed by atoms with Crippen molar-refractivity contribution < 1.29 is 4.79 Å². The lowest BCUT2D eigenvalue weighted by atomic mass is 9.80. The average Bonchev–Trinajstić information content (AvgIpc) is 2.30. The Morgan fingerprint density at radius 2 is 2.00 bits per heavy atom. The van der Waals surface area contributed by atoms with Gasteiger partial charge in [-0.2, -0.15) is 0 Å². The van der Waals surface area contributed by atoms with Gasteiger partial charge in [-0.25, -0.2) is 0 Å². The van der Waals surface area contributed by atoms with Gasteiger partial charge in [-0.1, -0.05) is 33.1 Å². The molecule has 0 aromatic rings. The molecular weight excluding hydrogens is 212 g/mol. The molecule has 1 atom stereocenters. The van der Waals surface area contributed by atoms with Crippen LogP contribution in [0.2, 0.25) is 0 Å². The average molecular weight is 240 g/mol. The first-order valence-corrected chi connectivity index (χ1v) is 7.10. The molecule has 0 aliphatic carbocycles. The molecule has 1 fully saturated rings.